The molecule has 0 saturated heterocycles. The molecule has 1 aliphatic carbocycles. The van der Waals surface area contributed by atoms with Crippen LogP contribution in [0.1, 0.15) is 56.7 Å². The Labute approximate surface area is 154 Å². The minimum Gasteiger partial charge on any atom is -0.490 e. The molecule has 26 heavy (non-hydrogen) atoms. The summed E-state index contributed by atoms with van der Waals surface area (Å²) in [5.74, 6) is 2.35. The van der Waals surface area contributed by atoms with Crippen LogP contribution < -0.4 is 10.1 Å². The second kappa shape index (κ2) is 7.52. The number of carbonyl (C=O) groups is 1. The van der Waals surface area contributed by atoms with Crippen molar-refractivity contribution < 1.29 is 14.1 Å². The van der Waals surface area contributed by atoms with E-state index in [2.05, 4.69) is 23.5 Å². The molecule has 1 N–H and O–H groups in total. The van der Waals surface area contributed by atoms with Gasteiger partial charge in [-0.3, -0.25) is 4.79 Å². The van der Waals surface area contributed by atoms with E-state index in [0.717, 1.165) is 29.2 Å². The molecule has 5 heteroatoms. The number of ether oxygens (including phenoxy) is 1. The number of nitrogens with zero attached hydrogens (tertiary/aromatic N) is 1. The molecule has 1 atom stereocenters. The smallest absolute Gasteiger partial charge is 0.220 e. The van der Waals surface area contributed by atoms with Gasteiger partial charge in [-0.05, 0) is 49.4 Å². The highest BCUT2D eigenvalue weighted by molar-refractivity contribution is 5.76. The highest BCUT2D eigenvalue weighted by Crippen LogP contribution is 2.33. The molecule has 1 unspecified atom stereocenters. The normalized spacial score (nSPS) is 19.8. The molecule has 2 aromatic rings. The summed E-state index contributed by atoms with van der Waals surface area (Å²) < 4.78 is 11.2. The van der Waals surface area contributed by atoms with Crippen molar-refractivity contribution in [3.63, 3.8) is 0 Å². The van der Waals surface area contributed by atoms with Gasteiger partial charge in [0, 0.05) is 24.5 Å². The van der Waals surface area contributed by atoms with Crippen LogP contribution in [-0.4, -0.2) is 17.2 Å². The summed E-state index contributed by atoms with van der Waals surface area (Å²) >= 11 is 0. The minimum absolute atomic E-state index is 0.116. The van der Waals surface area contributed by atoms with E-state index >= 15 is 0 Å². The van der Waals surface area contributed by atoms with Crippen LogP contribution in [0.2, 0.25) is 0 Å². The lowest BCUT2D eigenvalue weighted by Gasteiger charge is -2.20. The monoisotopic (exact) mass is 354 g/mol. The second-order valence-corrected chi connectivity index (χ2v) is 7.62. The average molecular weight is 354 g/mol. The van der Waals surface area contributed by atoms with Crippen molar-refractivity contribution >= 4 is 5.91 Å². The fraction of sp³-hybridized carbons (Fsp3) is 0.524. The lowest BCUT2D eigenvalue weighted by atomic mass is 9.87. The van der Waals surface area contributed by atoms with Gasteiger partial charge in [0.15, 0.2) is 5.76 Å². The molecule has 1 aromatic carbocycles. The fourth-order valence-corrected chi connectivity index (χ4v) is 4.02. The van der Waals surface area contributed by atoms with Gasteiger partial charge in [-0.15, -0.1) is 0 Å². The van der Waals surface area contributed by atoms with Crippen LogP contribution in [0.15, 0.2) is 28.8 Å². The molecule has 1 amide bonds. The third-order valence-electron chi connectivity index (χ3n) is 5.40. The zero-order chi connectivity index (χ0) is 17.9. The number of nitrogens with one attached hydrogen (secondary N) is 1. The van der Waals surface area contributed by atoms with Crippen molar-refractivity contribution in [3.8, 4) is 17.1 Å². The lowest BCUT2D eigenvalue weighted by molar-refractivity contribution is -0.122. The van der Waals surface area contributed by atoms with Gasteiger partial charge in [-0.2, -0.15) is 0 Å². The van der Waals surface area contributed by atoms with Crippen molar-refractivity contribution in [2.75, 3.05) is 0 Å². The standard InChI is InChI=1S/C21H26N2O3/c1-14-9-17-11-16(7-8-19(17)25-14)20-12-18(23-26-20)13-22-21(24)10-15-5-3-2-4-6-15/h7-8,11-12,14-15H,2-6,9-10,13H2,1H3,(H,22,24). The Hall–Kier alpha value is -2.30. The summed E-state index contributed by atoms with van der Waals surface area (Å²) in [5, 5.41) is 7.08. The van der Waals surface area contributed by atoms with Gasteiger partial charge in [0.05, 0.1) is 6.54 Å². The molecule has 1 fully saturated rings. The van der Waals surface area contributed by atoms with Gasteiger partial charge < -0.3 is 14.6 Å². The Morgan fingerprint density at radius 3 is 2.92 bits per heavy atom. The van der Waals surface area contributed by atoms with Gasteiger partial charge in [-0.25, -0.2) is 0 Å². The highest BCUT2D eigenvalue weighted by Gasteiger charge is 2.20. The Kier molecular flexibility index (Phi) is 4.96. The third kappa shape index (κ3) is 3.92. The van der Waals surface area contributed by atoms with Crippen molar-refractivity contribution in [3.05, 3.63) is 35.5 Å². The van der Waals surface area contributed by atoms with Crippen LogP contribution in [-0.2, 0) is 17.8 Å². The van der Waals surface area contributed by atoms with E-state index < -0.39 is 0 Å². The maximum absolute atomic E-state index is 12.1. The van der Waals surface area contributed by atoms with Crippen molar-refractivity contribution in [1.82, 2.24) is 10.5 Å². The number of aromatic nitrogens is 1. The molecule has 1 aromatic heterocycles. The topological polar surface area (TPSA) is 64.4 Å². The number of benzene rings is 1. The number of hydrogen-bond donors (Lipinski definition) is 1. The molecule has 2 heterocycles. The van der Waals surface area contributed by atoms with Crippen LogP contribution in [0.5, 0.6) is 5.75 Å². The maximum Gasteiger partial charge on any atom is 0.220 e. The largest absolute Gasteiger partial charge is 0.490 e. The van der Waals surface area contributed by atoms with Crippen LogP contribution in [0.4, 0.5) is 0 Å². The molecular weight excluding hydrogens is 328 g/mol. The number of rotatable bonds is 5. The van der Waals surface area contributed by atoms with Gasteiger partial charge in [0.2, 0.25) is 5.91 Å². The van der Waals surface area contributed by atoms with Gasteiger partial charge in [0.1, 0.15) is 17.5 Å². The fourth-order valence-electron chi connectivity index (χ4n) is 4.02. The number of fused-ring (bicyclic) bond motifs is 1. The first-order chi connectivity index (χ1) is 12.7. The Bertz CT molecular complexity index is 777. The molecule has 5 nitrogen and oxygen atoms in total. The number of hydrogen-bond acceptors (Lipinski definition) is 4. The zero-order valence-electron chi connectivity index (χ0n) is 15.3. The summed E-state index contributed by atoms with van der Waals surface area (Å²) in [6, 6.07) is 7.98. The molecule has 138 valence electrons. The quantitative estimate of drug-likeness (QED) is 0.872. The molecule has 0 bridgehead atoms. The maximum atomic E-state index is 12.1. The van der Waals surface area contributed by atoms with Crippen LogP contribution in [0, 0.1) is 5.92 Å². The predicted octanol–water partition coefficient (Wildman–Crippen LogP) is 4.25. The van der Waals surface area contributed by atoms with Crippen LogP contribution >= 0.6 is 0 Å². The van der Waals surface area contributed by atoms with E-state index in [1.54, 1.807) is 0 Å². The van der Waals surface area contributed by atoms with Gasteiger partial charge in [-0.1, -0.05) is 24.4 Å². The predicted molar refractivity (Wildman–Crippen MR) is 98.8 cm³/mol. The molecule has 0 radical (unpaired) electrons. The number of amides is 1. The first-order valence-electron chi connectivity index (χ1n) is 9.69. The average Bonchev–Trinajstić information content (AvgIpc) is 3.25. The summed E-state index contributed by atoms with van der Waals surface area (Å²) in [4.78, 5) is 12.1. The SMILES string of the molecule is CC1Cc2cc(-c3cc(CNC(=O)CC4CCCCC4)no3)ccc2O1. The van der Waals surface area contributed by atoms with E-state index in [1.807, 2.05) is 18.2 Å². The Morgan fingerprint density at radius 2 is 2.08 bits per heavy atom. The zero-order valence-corrected chi connectivity index (χ0v) is 15.3. The highest BCUT2D eigenvalue weighted by atomic mass is 16.5. The van der Waals surface area contributed by atoms with Crippen LogP contribution in [0.25, 0.3) is 11.3 Å². The van der Waals surface area contributed by atoms with E-state index in [1.165, 1.54) is 37.7 Å². The van der Waals surface area contributed by atoms with E-state index in [9.17, 15) is 4.79 Å². The Morgan fingerprint density at radius 1 is 1.23 bits per heavy atom. The molecular formula is C21H26N2O3. The van der Waals surface area contributed by atoms with Crippen molar-refractivity contribution in [2.24, 2.45) is 5.92 Å². The van der Waals surface area contributed by atoms with E-state index in [4.69, 9.17) is 9.26 Å². The first-order valence-corrected chi connectivity index (χ1v) is 9.69. The first kappa shape index (κ1) is 17.1. The molecule has 1 aliphatic heterocycles. The van der Waals surface area contributed by atoms with E-state index in [0.29, 0.717) is 18.9 Å². The molecule has 0 spiro atoms. The second-order valence-electron chi connectivity index (χ2n) is 7.62. The summed E-state index contributed by atoms with van der Waals surface area (Å²) in [6.07, 6.45) is 7.97. The summed E-state index contributed by atoms with van der Waals surface area (Å²) in [7, 11) is 0. The lowest BCUT2D eigenvalue weighted by Crippen LogP contribution is -2.26. The van der Waals surface area contributed by atoms with Crippen LogP contribution in [0.3, 0.4) is 0 Å². The summed E-state index contributed by atoms with van der Waals surface area (Å²) in [5.41, 5.74) is 2.95. The summed E-state index contributed by atoms with van der Waals surface area (Å²) in [6.45, 7) is 2.49. The van der Waals surface area contributed by atoms with E-state index in [-0.39, 0.29) is 12.0 Å². The van der Waals surface area contributed by atoms with Gasteiger partial charge >= 0.3 is 0 Å². The molecule has 2 aliphatic rings. The number of carbonyl (C=O) groups excluding carboxylic acids is 1. The minimum atomic E-state index is 0.116. The Balaban J connectivity index is 1.33. The molecule has 1 saturated carbocycles. The van der Waals surface area contributed by atoms with Crippen molar-refractivity contribution in [1.29, 1.82) is 0 Å². The third-order valence-corrected chi connectivity index (χ3v) is 5.40. The van der Waals surface area contributed by atoms with Crippen molar-refractivity contribution in [2.45, 2.75) is 64.5 Å². The van der Waals surface area contributed by atoms with Gasteiger partial charge in [0.25, 0.3) is 0 Å². The molecule has 4 rings (SSSR count).